The lowest BCUT2D eigenvalue weighted by Gasteiger charge is -2.20. The molecule has 2 aromatic carbocycles. The number of primary sulfonamides is 1. The maximum Gasteiger partial charge on any atom is 0.325 e. The lowest BCUT2D eigenvalue weighted by molar-refractivity contribution is -0.141. The van der Waals surface area contributed by atoms with Gasteiger partial charge in [-0.2, -0.15) is 19.8 Å². The van der Waals surface area contributed by atoms with Crippen molar-refractivity contribution in [3.8, 4) is 12.1 Å². The first-order valence-corrected chi connectivity index (χ1v) is 14.9. The summed E-state index contributed by atoms with van der Waals surface area (Å²) in [5.41, 5.74) is 0.461. The van der Waals surface area contributed by atoms with Crippen molar-refractivity contribution in [1.29, 1.82) is 10.5 Å². The van der Waals surface area contributed by atoms with Crippen molar-refractivity contribution in [2.75, 3.05) is 20.2 Å². The summed E-state index contributed by atoms with van der Waals surface area (Å²) in [6, 6.07) is 12.7. The number of carbonyl (C=O) groups is 2. The van der Waals surface area contributed by atoms with Gasteiger partial charge in [-0.3, -0.25) is 9.59 Å². The second-order valence-corrected chi connectivity index (χ2v) is 12.4. The van der Waals surface area contributed by atoms with Crippen molar-refractivity contribution in [2.45, 2.75) is 29.2 Å². The third-order valence-corrected chi connectivity index (χ3v) is 9.24. The van der Waals surface area contributed by atoms with Gasteiger partial charge in [0.05, 0.1) is 39.3 Å². The van der Waals surface area contributed by atoms with E-state index in [0.29, 0.717) is 10.2 Å². The molecule has 1 aromatic heterocycles. The summed E-state index contributed by atoms with van der Waals surface area (Å²) in [6.45, 7) is -0.485. The molecule has 1 heterocycles. The Morgan fingerprint density at radius 1 is 1.03 bits per heavy atom. The van der Waals surface area contributed by atoms with Crippen molar-refractivity contribution < 1.29 is 31.2 Å². The average Bonchev–Trinajstić information content (AvgIpc) is 3.23. The molecular weight excluding hydrogens is 568 g/mol. The number of benzene rings is 2. The van der Waals surface area contributed by atoms with E-state index in [1.165, 1.54) is 54.1 Å². The molecule has 39 heavy (non-hydrogen) atoms. The third-order valence-electron chi connectivity index (χ3n) is 5.38. The van der Waals surface area contributed by atoms with E-state index in [1.807, 2.05) is 12.1 Å². The van der Waals surface area contributed by atoms with Crippen molar-refractivity contribution in [3.63, 3.8) is 0 Å². The molecule has 0 atom stereocenters. The monoisotopic (exact) mass is 590 g/mol. The Labute approximate surface area is 228 Å². The molecule has 0 radical (unpaired) electrons. The molecule has 2 N–H and O–H groups in total. The first-order valence-electron chi connectivity index (χ1n) is 11.1. The Balaban J connectivity index is 2.01. The minimum absolute atomic E-state index is 0.0434. The summed E-state index contributed by atoms with van der Waals surface area (Å²) in [6.07, 6.45) is -0.112. The molecule has 0 aliphatic carbocycles. The van der Waals surface area contributed by atoms with Gasteiger partial charge in [-0.25, -0.2) is 22.0 Å². The largest absolute Gasteiger partial charge is 0.468 e. The van der Waals surface area contributed by atoms with Gasteiger partial charge in [0.1, 0.15) is 6.54 Å². The lowest BCUT2D eigenvalue weighted by atomic mass is 10.2. The van der Waals surface area contributed by atoms with Crippen LogP contribution in [-0.2, 0) is 36.1 Å². The van der Waals surface area contributed by atoms with Crippen LogP contribution in [0.1, 0.15) is 23.2 Å². The normalized spacial score (nSPS) is 12.3. The molecule has 0 unspecified atom stereocenters. The van der Waals surface area contributed by atoms with Crippen molar-refractivity contribution in [2.24, 2.45) is 10.1 Å². The number of nitrogens with zero attached hydrogens (tertiary/aromatic N) is 5. The topological polar surface area (TPSA) is 206 Å². The second kappa shape index (κ2) is 12.3. The second-order valence-electron chi connectivity index (χ2n) is 7.88. The summed E-state index contributed by atoms with van der Waals surface area (Å²) in [5, 5.41) is 22.9. The number of fused-ring (bicyclic) bond motifs is 1. The van der Waals surface area contributed by atoms with Gasteiger partial charge in [0.15, 0.2) is 4.80 Å². The smallest absolute Gasteiger partial charge is 0.325 e. The van der Waals surface area contributed by atoms with Crippen LogP contribution >= 0.6 is 11.3 Å². The number of esters is 1. The van der Waals surface area contributed by atoms with Gasteiger partial charge in [-0.05, 0) is 42.5 Å². The van der Waals surface area contributed by atoms with Gasteiger partial charge in [0.2, 0.25) is 20.0 Å². The summed E-state index contributed by atoms with van der Waals surface area (Å²) < 4.78 is 57.0. The number of nitrogens with two attached hydrogens (primary N) is 1. The Morgan fingerprint density at radius 2 is 1.62 bits per heavy atom. The average molecular weight is 591 g/mol. The molecule has 0 fully saturated rings. The predicted octanol–water partition coefficient (Wildman–Crippen LogP) is 1.08. The van der Waals surface area contributed by atoms with Crippen molar-refractivity contribution >= 4 is 53.5 Å². The number of rotatable bonds is 10. The fourth-order valence-electron chi connectivity index (χ4n) is 3.43. The molecule has 0 spiro atoms. The number of nitriles is 2. The zero-order chi connectivity index (χ0) is 28.8. The van der Waals surface area contributed by atoms with Crippen LogP contribution in [0.25, 0.3) is 10.2 Å². The minimum Gasteiger partial charge on any atom is -0.468 e. The standard InChI is InChI=1S/C23H22N6O7S3/c1-36-21(30)15-29-19-9-8-18(38(26,32)33)14-20(19)37-23(29)27-22(31)16-4-6-17(7-5-16)39(34,35)28(12-2-10-24)13-3-11-25/h4-9,14H,2-3,12-13,15H2,1H3,(H2,26,32,33). The van der Waals surface area contributed by atoms with Gasteiger partial charge < -0.3 is 9.30 Å². The quantitative estimate of drug-likeness (QED) is 0.335. The van der Waals surface area contributed by atoms with Crippen LogP contribution < -0.4 is 9.94 Å². The zero-order valence-electron chi connectivity index (χ0n) is 20.5. The molecule has 1 amide bonds. The lowest BCUT2D eigenvalue weighted by Crippen LogP contribution is -2.32. The van der Waals surface area contributed by atoms with E-state index in [0.717, 1.165) is 15.6 Å². The summed E-state index contributed by atoms with van der Waals surface area (Å²) in [4.78, 5) is 28.8. The Kier molecular flexibility index (Phi) is 9.33. The van der Waals surface area contributed by atoms with Gasteiger partial charge in [-0.15, -0.1) is 0 Å². The Morgan fingerprint density at radius 3 is 2.15 bits per heavy atom. The molecule has 13 nitrogen and oxygen atoms in total. The highest BCUT2D eigenvalue weighted by Gasteiger charge is 2.24. The van der Waals surface area contributed by atoms with E-state index < -0.39 is 31.9 Å². The molecule has 16 heteroatoms. The highest BCUT2D eigenvalue weighted by molar-refractivity contribution is 7.89. The predicted molar refractivity (Wildman–Crippen MR) is 139 cm³/mol. The number of thiazole rings is 1. The first-order chi connectivity index (χ1) is 18.4. The summed E-state index contributed by atoms with van der Waals surface area (Å²) in [7, 11) is -6.84. The van der Waals surface area contributed by atoms with E-state index in [4.69, 9.17) is 20.4 Å². The highest BCUT2D eigenvalue weighted by atomic mass is 32.2. The molecular formula is C23H22N6O7S3. The maximum atomic E-state index is 13.0. The molecule has 3 aromatic rings. The van der Waals surface area contributed by atoms with E-state index in [9.17, 15) is 26.4 Å². The van der Waals surface area contributed by atoms with Crippen LogP contribution in [0.15, 0.2) is 57.2 Å². The van der Waals surface area contributed by atoms with Crippen LogP contribution in [0.4, 0.5) is 0 Å². The fourth-order valence-corrected chi connectivity index (χ4v) is 6.56. The number of aromatic nitrogens is 1. The molecule has 3 rings (SSSR count). The number of ether oxygens (including phenoxy) is 1. The van der Waals surface area contributed by atoms with E-state index in [2.05, 4.69) is 4.99 Å². The minimum atomic E-state index is -4.03. The van der Waals surface area contributed by atoms with Gasteiger partial charge in [-0.1, -0.05) is 11.3 Å². The highest BCUT2D eigenvalue weighted by Crippen LogP contribution is 2.22. The number of hydrogen-bond donors (Lipinski definition) is 1. The SMILES string of the molecule is COC(=O)Cn1c(=NC(=O)c2ccc(S(=O)(=O)N(CCC#N)CCC#N)cc2)sc2cc(S(N)(=O)=O)ccc21. The molecule has 204 valence electrons. The number of amides is 1. The van der Waals surface area contributed by atoms with Crippen LogP contribution in [0, 0.1) is 22.7 Å². The van der Waals surface area contributed by atoms with Crippen molar-refractivity contribution in [3.05, 3.63) is 52.8 Å². The fraction of sp³-hybridized carbons (Fsp3) is 0.261. The Hall–Kier alpha value is -3.93. The Bertz CT molecular complexity index is 1760. The molecule has 0 saturated carbocycles. The number of carbonyl (C=O) groups excluding carboxylic acids is 2. The maximum absolute atomic E-state index is 13.0. The van der Waals surface area contributed by atoms with Crippen molar-refractivity contribution in [1.82, 2.24) is 8.87 Å². The number of hydrogen-bond acceptors (Lipinski definition) is 10. The number of sulfonamides is 2. The van der Waals surface area contributed by atoms with Gasteiger partial charge in [0.25, 0.3) is 5.91 Å². The number of methoxy groups -OCH3 is 1. The zero-order valence-corrected chi connectivity index (χ0v) is 22.9. The van der Waals surface area contributed by atoms with Crippen LogP contribution in [0.3, 0.4) is 0 Å². The van der Waals surface area contributed by atoms with Crippen LogP contribution in [-0.4, -0.2) is 57.8 Å². The van der Waals surface area contributed by atoms with Gasteiger partial charge in [0, 0.05) is 31.5 Å². The first kappa shape index (κ1) is 29.6. The van der Waals surface area contributed by atoms with E-state index in [1.54, 1.807) is 0 Å². The van der Waals surface area contributed by atoms with Crippen LogP contribution in [0.5, 0.6) is 0 Å². The van der Waals surface area contributed by atoms with E-state index >= 15 is 0 Å². The third kappa shape index (κ3) is 6.94. The molecule has 0 aliphatic heterocycles. The van der Waals surface area contributed by atoms with Crippen LogP contribution in [0.2, 0.25) is 0 Å². The summed E-state index contributed by atoms with van der Waals surface area (Å²) >= 11 is 0.949. The van der Waals surface area contributed by atoms with E-state index in [-0.39, 0.29) is 52.6 Å². The molecule has 0 bridgehead atoms. The van der Waals surface area contributed by atoms with Gasteiger partial charge >= 0.3 is 5.97 Å². The molecule has 0 saturated heterocycles. The molecule has 0 aliphatic rings. The summed E-state index contributed by atoms with van der Waals surface area (Å²) in [5.74, 6) is -1.38.